The predicted octanol–water partition coefficient (Wildman–Crippen LogP) is 4.34. The molecular formula is C25H26N2O3. The highest BCUT2D eigenvalue weighted by molar-refractivity contribution is 5.93. The molecule has 0 spiro atoms. The van der Waals surface area contributed by atoms with Crippen LogP contribution < -0.4 is 0 Å². The molecule has 3 aromatic rings. The van der Waals surface area contributed by atoms with Gasteiger partial charge in [0.25, 0.3) is 5.91 Å². The van der Waals surface area contributed by atoms with Crippen LogP contribution in [0.25, 0.3) is 0 Å². The Labute approximate surface area is 176 Å². The zero-order chi connectivity index (χ0) is 20.6. The number of oxazole rings is 1. The molecule has 1 N–H and O–H groups in total. The summed E-state index contributed by atoms with van der Waals surface area (Å²) in [4.78, 5) is 19.1. The minimum absolute atomic E-state index is 0.0200. The quantitative estimate of drug-likeness (QED) is 0.689. The first-order valence-electron chi connectivity index (χ1n) is 10.7. The second-order valence-corrected chi connectivity index (χ2v) is 8.40. The third kappa shape index (κ3) is 3.33. The second-order valence-electron chi connectivity index (χ2n) is 8.40. The van der Waals surface area contributed by atoms with Crippen molar-refractivity contribution < 1.29 is 14.3 Å². The van der Waals surface area contributed by atoms with Gasteiger partial charge in [0, 0.05) is 19.0 Å². The molecule has 30 heavy (non-hydrogen) atoms. The molecule has 2 aromatic carbocycles. The Morgan fingerprint density at radius 3 is 2.03 bits per heavy atom. The average Bonchev–Trinajstić information content (AvgIpc) is 3.55. The van der Waals surface area contributed by atoms with Crippen molar-refractivity contribution in [3.63, 3.8) is 0 Å². The highest BCUT2D eigenvalue weighted by Gasteiger charge is 2.43. The Balaban J connectivity index is 1.37. The Bertz CT molecular complexity index is 964. The normalized spacial score (nSPS) is 17.8. The molecule has 2 heterocycles. The van der Waals surface area contributed by atoms with E-state index in [1.54, 1.807) is 0 Å². The third-order valence-electron chi connectivity index (χ3n) is 6.55. The number of aromatic nitrogens is 1. The molecule has 2 fully saturated rings. The number of amides is 1. The SMILES string of the molecule is O=C(c1ncoc1C1CC1)N1CCC(C(O)(c2ccccc2)c2ccccc2)CC1. The lowest BCUT2D eigenvalue weighted by Gasteiger charge is -2.42. The summed E-state index contributed by atoms with van der Waals surface area (Å²) in [7, 11) is 0. The molecule has 1 aliphatic heterocycles. The first-order chi connectivity index (χ1) is 14.7. The first kappa shape index (κ1) is 19.1. The summed E-state index contributed by atoms with van der Waals surface area (Å²) >= 11 is 0. The van der Waals surface area contributed by atoms with Gasteiger partial charge in [0.05, 0.1) is 0 Å². The first-order valence-corrected chi connectivity index (χ1v) is 10.7. The number of hydrogen-bond acceptors (Lipinski definition) is 4. The van der Waals surface area contributed by atoms with E-state index in [4.69, 9.17) is 4.42 Å². The maximum absolute atomic E-state index is 13.1. The topological polar surface area (TPSA) is 66.6 Å². The number of rotatable bonds is 5. The molecule has 1 saturated heterocycles. The van der Waals surface area contributed by atoms with Crippen molar-refractivity contribution in [3.05, 3.63) is 89.6 Å². The van der Waals surface area contributed by atoms with Crippen molar-refractivity contribution >= 4 is 5.91 Å². The lowest BCUT2D eigenvalue weighted by atomic mass is 9.72. The molecule has 0 bridgehead atoms. The van der Waals surface area contributed by atoms with Crippen LogP contribution in [0.2, 0.25) is 0 Å². The van der Waals surface area contributed by atoms with E-state index in [1.165, 1.54) is 6.39 Å². The van der Waals surface area contributed by atoms with Gasteiger partial charge < -0.3 is 14.4 Å². The molecule has 0 unspecified atom stereocenters. The zero-order valence-corrected chi connectivity index (χ0v) is 16.9. The van der Waals surface area contributed by atoms with Gasteiger partial charge in [0.2, 0.25) is 0 Å². The van der Waals surface area contributed by atoms with E-state index < -0.39 is 5.60 Å². The summed E-state index contributed by atoms with van der Waals surface area (Å²) in [5.74, 6) is 1.07. The number of likely N-dealkylation sites (tertiary alicyclic amines) is 1. The van der Waals surface area contributed by atoms with Crippen LogP contribution in [0.4, 0.5) is 0 Å². The third-order valence-corrected chi connectivity index (χ3v) is 6.55. The van der Waals surface area contributed by atoms with E-state index in [1.807, 2.05) is 65.6 Å². The predicted molar refractivity (Wildman–Crippen MR) is 113 cm³/mol. The van der Waals surface area contributed by atoms with Crippen molar-refractivity contribution in [2.75, 3.05) is 13.1 Å². The fourth-order valence-corrected chi connectivity index (χ4v) is 4.72. The number of hydrogen-bond donors (Lipinski definition) is 1. The molecule has 5 nitrogen and oxygen atoms in total. The second kappa shape index (κ2) is 7.73. The summed E-state index contributed by atoms with van der Waals surface area (Å²) in [6.45, 7) is 1.20. The monoisotopic (exact) mass is 402 g/mol. The van der Waals surface area contributed by atoms with Gasteiger partial charge in [-0.3, -0.25) is 4.79 Å². The molecule has 0 radical (unpaired) electrons. The van der Waals surface area contributed by atoms with E-state index in [2.05, 4.69) is 4.98 Å². The maximum Gasteiger partial charge on any atom is 0.276 e. The average molecular weight is 402 g/mol. The van der Waals surface area contributed by atoms with Gasteiger partial charge in [0.15, 0.2) is 12.1 Å². The van der Waals surface area contributed by atoms with Crippen molar-refractivity contribution in [3.8, 4) is 0 Å². The number of carbonyl (C=O) groups is 1. The highest BCUT2D eigenvalue weighted by atomic mass is 16.3. The molecule has 1 saturated carbocycles. The molecule has 1 amide bonds. The number of piperidine rings is 1. The fourth-order valence-electron chi connectivity index (χ4n) is 4.72. The smallest absolute Gasteiger partial charge is 0.276 e. The molecule has 1 aliphatic carbocycles. The van der Waals surface area contributed by atoms with Gasteiger partial charge in [-0.25, -0.2) is 4.98 Å². The van der Waals surface area contributed by atoms with Gasteiger partial charge in [-0.2, -0.15) is 0 Å². The van der Waals surface area contributed by atoms with E-state index in [9.17, 15) is 9.90 Å². The summed E-state index contributed by atoms with van der Waals surface area (Å²) in [6, 6.07) is 19.7. The lowest BCUT2D eigenvalue weighted by molar-refractivity contribution is -0.0123. The Hall–Kier alpha value is -2.92. The molecular weight excluding hydrogens is 376 g/mol. The van der Waals surface area contributed by atoms with E-state index in [0.717, 1.165) is 42.6 Å². The van der Waals surface area contributed by atoms with Gasteiger partial charge in [-0.1, -0.05) is 60.7 Å². The van der Waals surface area contributed by atoms with Crippen molar-refractivity contribution in [1.29, 1.82) is 0 Å². The standard InChI is InChI=1S/C25H26N2O3/c28-24(22-23(18-11-12-18)30-17-26-22)27-15-13-21(14-16-27)25(29,19-7-3-1-4-8-19)20-9-5-2-6-10-20/h1-10,17-18,21,29H,11-16H2. The van der Waals surface area contributed by atoms with Crippen LogP contribution >= 0.6 is 0 Å². The number of nitrogens with zero attached hydrogens (tertiary/aromatic N) is 2. The molecule has 1 aromatic heterocycles. The van der Waals surface area contributed by atoms with Crippen LogP contribution in [0.3, 0.4) is 0 Å². The Morgan fingerprint density at radius 2 is 1.50 bits per heavy atom. The Morgan fingerprint density at radius 1 is 0.933 bits per heavy atom. The molecule has 5 heteroatoms. The molecule has 2 aliphatic rings. The largest absolute Gasteiger partial charge is 0.447 e. The van der Waals surface area contributed by atoms with E-state index in [0.29, 0.717) is 24.7 Å². The van der Waals surface area contributed by atoms with E-state index in [-0.39, 0.29) is 11.8 Å². The van der Waals surface area contributed by atoms with Gasteiger partial charge in [-0.15, -0.1) is 0 Å². The van der Waals surface area contributed by atoms with Crippen LogP contribution in [0, 0.1) is 5.92 Å². The van der Waals surface area contributed by atoms with Crippen LogP contribution in [0.1, 0.15) is 59.0 Å². The number of aliphatic hydroxyl groups is 1. The van der Waals surface area contributed by atoms with Crippen molar-refractivity contribution in [2.24, 2.45) is 5.92 Å². The van der Waals surface area contributed by atoms with Crippen molar-refractivity contribution in [2.45, 2.75) is 37.2 Å². The number of benzene rings is 2. The molecule has 5 rings (SSSR count). The summed E-state index contributed by atoms with van der Waals surface area (Å²) in [5, 5.41) is 12.0. The lowest BCUT2D eigenvalue weighted by Crippen LogP contribution is -2.46. The number of carbonyl (C=O) groups excluding carboxylic acids is 1. The fraction of sp³-hybridized carbons (Fsp3) is 0.360. The maximum atomic E-state index is 13.1. The van der Waals surface area contributed by atoms with Crippen LogP contribution in [-0.4, -0.2) is 34.0 Å². The molecule has 154 valence electrons. The van der Waals surface area contributed by atoms with Crippen LogP contribution in [-0.2, 0) is 5.60 Å². The van der Waals surface area contributed by atoms with Crippen LogP contribution in [0.15, 0.2) is 71.5 Å². The summed E-state index contributed by atoms with van der Waals surface area (Å²) in [6.07, 6.45) is 4.97. The molecule has 0 atom stereocenters. The van der Waals surface area contributed by atoms with Crippen LogP contribution in [0.5, 0.6) is 0 Å². The Kier molecular flexibility index (Phi) is 4.91. The minimum atomic E-state index is -1.08. The summed E-state index contributed by atoms with van der Waals surface area (Å²) in [5.41, 5.74) is 1.18. The van der Waals surface area contributed by atoms with Crippen molar-refractivity contribution in [1.82, 2.24) is 9.88 Å². The summed E-state index contributed by atoms with van der Waals surface area (Å²) < 4.78 is 5.49. The zero-order valence-electron chi connectivity index (χ0n) is 16.9. The van der Waals surface area contributed by atoms with Gasteiger partial charge >= 0.3 is 0 Å². The highest BCUT2D eigenvalue weighted by Crippen LogP contribution is 2.43. The minimum Gasteiger partial charge on any atom is -0.447 e. The van der Waals surface area contributed by atoms with Gasteiger partial charge in [-0.05, 0) is 42.7 Å². The van der Waals surface area contributed by atoms with E-state index >= 15 is 0 Å². The van der Waals surface area contributed by atoms with Gasteiger partial charge in [0.1, 0.15) is 11.4 Å².